The van der Waals surface area contributed by atoms with Gasteiger partial charge in [-0.15, -0.1) is 11.3 Å². The molecule has 0 radical (unpaired) electrons. The Balaban J connectivity index is 1.91. The van der Waals surface area contributed by atoms with Crippen molar-refractivity contribution in [1.29, 1.82) is 0 Å². The Bertz CT molecular complexity index is 749. The molecule has 1 heterocycles. The number of benzene rings is 1. The van der Waals surface area contributed by atoms with E-state index in [4.69, 9.17) is 16.3 Å². The largest absolute Gasteiger partial charge is 0.484 e. The first-order valence-electron chi connectivity index (χ1n) is 8.86. The molecule has 1 aromatic heterocycles. The molecule has 0 saturated heterocycles. The third-order valence-corrected chi connectivity index (χ3v) is 4.84. The molecule has 0 aliphatic heterocycles. The van der Waals surface area contributed by atoms with E-state index < -0.39 is 0 Å². The molecule has 0 aliphatic rings. The van der Waals surface area contributed by atoms with Gasteiger partial charge in [0, 0.05) is 22.6 Å². The van der Waals surface area contributed by atoms with Crippen molar-refractivity contribution in [3.05, 3.63) is 40.4 Å². The first kappa shape index (κ1) is 21.2. The number of nitrogens with zero attached hydrogens (tertiary/aromatic N) is 2. The molecule has 1 N–H and O–H groups in total. The SMILES string of the molecule is CCCCCN(CC(=O)Nc1ncc(C)s1)C(=O)COc1ccc(Cl)cc1. The van der Waals surface area contributed by atoms with Crippen molar-refractivity contribution in [2.24, 2.45) is 0 Å². The number of thiazole rings is 1. The van der Waals surface area contributed by atoms with E-state index in [0.717, 1.165) is 24.1 Å². The van der Waals surface area contributed by atoms with E-state index >= 15 is 0 Å². The smallest absolute Gasteiger partial charge is 0.260 e. The quantitative estimate of drug-likeness (QED) is 0.598. The lowest BCUT2D eigenvalue weighted by atomic mass is 10.2. The zero-order valence-electron chi connectivity index (χ0n) is 15.5. The third-order valence-electron chi connectivity index (χ3n) is 3.76. The lowest BCUT2D eigenvalue weighted by molar-refractivity contribution is -0.136. The minimum atomic E-state index is -0.263. The minimum Gasteiger partial charge on any atom is -0.484 e. The maximum atomic E-state index is 12.6. The van der Waals surface area contributed by atoms with Gasteiger partial charge in [-0.2, -0.15) is 0 Å². The molecule has 0 bridgehead atoms. The number of nitrogens with one attached hydrogen (secondary N) is 1. The summed E-state index contributed by atoms with van der Waals surface area (Å²) in [6, 6.07) is 6.80. The van der Waals surface area contributed by atoms with E-state index in [1.807, 2.05) is 6.92 Å². The summed E-state index contributed by atoms with van der Waals surface area (Å²) in [6.45, 7) is 4.37. The average molecular weight is 410 g/mol. The normalized spacial score (nSPS) is 10.5. The first-order chi connectivity index (χ1) is 13.0. The number of hydrogen-bond acceptors (Lipinski definition) is 5. The molecule has 2 amide bonds. The van der Waals surface area contributed by atoms with Crippen LogP contribution in [0.1, 0.15) is 31.1 Å². The topological polar surface area (TPSA) is 71.5 Å². The number of anilines is 1. The fourth-order valence-electron chi connectivity index (χ4n) is 2.36. The van der Waals surface area contributed by atoms with Crippen molar-refractivity contribution in [2.45, 2.75) is 33.1 Å². The van der Waals surface area contributed by atoms with E-state index in [1.165, 1.54) is 16.2 Å². The maximum Gasteiger partial charge on any atom is 0.260 e. The molecule has 0 aliphatic carbocycles. The standard InChI is InChI=1S/C19H24ClN3O3S/c1-3-4-5-10-23(12-17(24)22-19-21-11-14(2)27-19)18(25)13-26-16-8-6-15(20)7-9-16/h6-9,11H,3-5,10,12-13H2,1-2H3,(H,21,22,24). The molecule has 0 spiro atoms. The zero-order chi connectivity index (χ0) is 19.6. The van der Waals surface area contributed by atoms with E-state index in [-0.39, 0.29) is 25.0 Å². The van der Waals surface area contributed by atoms with Gasteiger partial charge in [0.2, 0.25) is 5.91 Å². The maximum absolute atomic E-state index is 12.6. The Kier molecular flexibility index (Phi) is 8.54. The van der Waals surface area contributed by atoms with Gasteiger partial charge in [0.25, 0.3) is 5.91 Å². The predicted octanol–water partition coefficient (Wildman–Crippen LogP) is 4.14. The molecule has 2 rings (SSSR count). The summed E-state index contributed by atoms with van der Waals surface area (Å²) in [7, 11) is 0. The lowest BCUT2D eigenvalue weighted by Gasteiger charge is -2.22. The van der Waals surface area contributed by atoms with Crippen LogP contribution >= 0.6 is 22.9 Å². The Morgan fingerprint density at radius 1 is 1.26 bits per heavy atom. The molecule has 8 heteroatoms. The summed E-state index contributed by atoms with van der Waals surface area (Å²) in [5.41, 5.74) is 0. The van der Waals surface area contributed by atoms with Crippen molar-refractivity contribution < 1.29 is 14.3 Å². The van der Waals surface area contributed by atoms with Gasteiger partial charge in [0.15, 0.2) is 11.7 Å². The molecule has 2 aromatic rings. The highest BCUT2D eigenvalue weighted by atomic mass is 35.5. The van der Waals surface area contributed by atoms with Crippen LogP contribution in [0.4, 0.5) is 5.13 Å². The van der Waals surface area contributed by atoms with Crippen LogP contribution < -0.4 is 10.1 Å². The summed E-state index contributed by atoms with van der Waals surface area (Å²) < 4.78 is 5.52. The molecule has 146 valence electrons. The number of unbranched alkanes of at least 4 members (excludes halogenated alkanes) is 2. The fourth-order valence-corrected chi connectivity index (χ4v) is 3.16. The predicted molar refractivity (Wildman–Crippen MR) is 109 cm³/mol. The van der Waals surface area contributed by atoms with Gasteiger partial charge in [-0.3, -0.25) is 9.59 Å². The van der Waals surface area contributed by atoms with Gasteiger partial charge in [-0.05, 0) is 37.6 Å². The van der Waals surface area contributed by atoms with Crippen molar-refractivity contribution in [1.82, 2.24) is 9.88 Å². The second-order valence-electron chi connectivity index (χ2n) is 6.09. The number of amides is 2. The number of aryl methyl sites for hydroxylation is 1. The van der Waals surface area contributed by atoms with E-state index in [9.17, 15) is 9.59 Å². The number of hydrogen-bond donors (Lipinski definition) is 1. The van der Waals surface area contributed by atoms with Crippen LogP contribution in [0.5, 0.6) is 5.75 Å². The highest BCUT2D eigenvalue weighted by Gasteiger charge is 2.18. The van der Waals surface area contributed by atoms with Crippen LogP contribution in [0.2, 0.25) is 5.02 Å². The molecule has 27 heavy (non-hydrogen) atoms. The second kappa shape index (κ2) is 10.9. The van der Waals surface area contributed by atoms with Crippen LogP contribution in [0.25, 0.3) is 0 Å². The van der Waals surface area contributed by atoms with Crippen LogP contribution in [0, 0.1) is 6.92 Å². The number of aromatic nitrogens is 1. The molecule has 0 atom stereocenters. The Morgan fingerprint density at radius 3 is 2.63 bits per heavy atom. The summed E-state index contributed by atoms with van der Waals surface area (Å²) in [5, 5.41) is 3.88. The van der Waals surface area contributed by atoms with Crippen LogP contribution in [0.15, 0.2) is 30.5 Å². The third kappa shape index (κ3) is 7.56. The molecule has 1 aromatic carbocycles. The lowest BCUT2D eigenvalue weighted by Crippen LogP contribution is -2.41. The summed E-state index contributed by atoms with van der Waals surface area (Å²) >= 11 is 7.24. The monoisotopic (exact) mass is 409 g/mol. The highest BCUT2D eigenvalue weighted by molar-refractivity contribution is 7.15. The van der Waals surface area contributed by atoms with Crippen LogP contribution in [0.3, 0.4) is 0 Å². The molecular weight excluding hydrogens is 386 g/mol. The summed E-state index contributed by atoms with van der Waals surface area (Å²) in [4.78, 5) is 31.5. The highest BCUT2D eigenvalue weighted by Crippen LogP contribution is 2.17. The van der Waals surface area contributed by atoms with Gasteiger partial charge in [-0.1, -0.05) is 31.4 Å². The van der Waals surface area contributed by atoms with Crippen molar-refractivity contribution >= 4 is 39.9 Å². The van der Waals surface area contributed by atoms with Crippen LogP contribution in [-0.4, -0.2) is 41.4 Å². The number of ether oxygens (including phenoxy) is 1. The summed E-state index contributed by atoms with van der Waals surface area (Å²) in [5.74, 6) is 0.0659. The Labute approximate surface area is 168 Å². The molecule has 0 fully saturated rings. The van der Waals surface area contributed by atoms with E-state index in [2.05, 4.69) is 17.2 Å². The van der Waals surface area contributed by atoms with Gasteiger partial charge in [-0.25, -0.2) is 4.98 Å². The number of rotatable bonds is 10. The fraction of sp³-hybridized carbons (Fsp3) is 0.421. The number of carbonyl (C=O) groups is 2. The van der Waals surface area contributed by atoms with Crippen molar-refractivity contribution in [3.63, 3.8) is 0 Å². The summed E-state index contributed by atoms with van der Waals surface area (Å²) in [6.07, 6.45) is 4.57. The average Bonchev–Trinajstić information content (AvgIpc) is 3.05. The van der Waals surface area contributed by atoms with E-state index in [0.29, 0.717) is 22.4 Å². The molecule has 0 saturated carbocycles. The van der Waals surface area contributed by atoms with Gasteiger partial charge < -0.3 is 15.0 Å². The number of carbonyl (C=O) groups excluding carboxylic acids is 2. The molecular formula is C19H24ClN3O3S. The second-order valence-corrected chi connectivity index (χ2v) is 7.76. The van der Waals surface area contributed by atoms with Crippen molar-refractivity contribution in [2.75, 3.05) is 25.0 Å². The molecule has 0 unspecified atom stereocenters. The van der Waals surface area contributed by atoms with Crippen LogP contribution in [-0.2, 0) is 9.59 Å². The van der Waals surface area contributed by atoms with Gasteiger partial charge >= 0.3 is 0 Å². The minimum absolute atomic E-state index is 0.0227. The Morgan fingerprint density at radius 2 is 2.00 bits per heavy atom. The van der Waals surface area contributed by atoms with Crippen molar-refractivity contribution in [3.8, 4) is 5.75 Å². The Hall–Kier alpha value is -2.12. The zero-order valence-corrected chi connectivity index (χ0v) is 17.1. The van der Waals surface area contributed by atoms with Gasteiger partial charge in [0.05, 0.1) is 0 Å². The molecule has 6 nitrogen and oxygen atoms in total. The van der Waals surface area contributed by atoms with Gasteiger partial charge in [0.1, 0.15) is 12.3 Å². The number of halogens is 1. The first-order valence-corrected chi connectivity index (χ1v) is 10.1. The van der Waals surface area contributed by atoms with E-state index in [1.54, 1.807) is 30.5 Å².